The van der Waals surface area contributed by atoms with Crippen LogP contribution in [0.4, 0.5) is 0 Å². The molecule has 0 aliphatic rings. The molecule has 0 saturated heterocycles. The van der Waals surface area contributed by atoms with Gasteiger partial charge in [0.15, 0.2) is 5.76 Å². The lowest BCUT2D eigenvalue weighted by Crippen LogP contribution is -2.28. The van der Waals surface area contributed by atoms with E-state index >= 15 is 0 Å². The molecule has 3 rings (SSSR count). The minimum Gasteiger partial charge on any atom is -0.459 e. The van der Waals surface area contributed by atoms with Gasteiger partial charge in [-0.15, -0.1) is 0 Å². The van der Waals surface area contributed by atoms with Crippen LogP contribution in [0.15, 0.2) is 47.1 Å². The van der Waals surface area contributed by atoms with Gasteiger partial charge in [-0.3, -0.25) is 4.79 Å². The van der Waals surface area contributed by atoms with E-state index in [-0.39, 0.29) is 11.9 Å². The van der Waals surface area contributed by atoms with Gasteiger partial charge in [0.2, 0.25) is 0 Å². The van der Waals surface area contributed by atoms with Crippen molar-refractivity contribution in [1.82, 2.24) is 14.9 Å². The minimum absolute atomic E-state index is 0.198. The second kappa shape index (κ2) is 8.01. The van der Waals surface area contributed by atoms with E-state index in [1.807, 2.05) is 25.1 Å². The van der Waals surface area contributed by atoms with Crippen molar-refractivity contribution in [3.05, 3.63) is 54.2 Å². The van der Waals surface area contributed by atoms with Crippen LogP contribution in [-0.4, -0.2) is 15.5 Å². The number of hydrogen-bond acceptors (Lipinski definition) is 3. The van der Waals surface area contributed by atoms with Crippen molar-refractivity contribution in [2.75, 3.05) is 0 Å². The van der Waals surface area contributed by atoms with Crippen molar-refractivity contribution in [1.29, 1.82) is 0 Å². The summed E-state index contributed by atoms with van der Waals surface area (Å²) in [5.74, 6) is 0.983. The van der Waals surface area contributed by atoms with Crippen LogP contribution in [0.3, 0.4) is 0 Å². The molecule has 25 heavy (non-hydrogen) atoms. The summed E-state index contributed by atoms with van der Waals surface area (Å²) in [5.41, 5.74) is 2.08. The van der Waals surface area contributed by atoms with Crippen molar-refractivity contribution in [2.45, 2.75) is 52.1 Å². The molecule has 1 amide bonds. The molecule has 0 aliphatic carbocycles. The van der Waals surface area contributed by atoms with E-state index in [4.69, 9.17) is 9.40 Å². The molecule has 0 radical (unpaired) electrons. The predicted octanol–water partition coefficient (Wildman–Crippen LogP) is 4.70. The number of furan rings is 1. The summed E-state index contributed by atoms with van der Waals surface area (Å²) in [6, 6.07) is 11.3. The van der Waals surface area contributed by atoms with Gasteiger partial charge in [-0.1, -0.05) is 38.3 Å². The number of imidazole rings is 1. The molecule has 5 heteroatoms. The fraction of sp³-hybridized carbons (Fsp3) is 0.400. The molecule has 0 spiro atoms. The molecule has 3 aromatic rings. The van der Waals surface area contributed by atoms with Crippen LogP contribution in [0.1, 0.15) is 62.0 Å². The normalized spacial score (nSPS) is 12.4. The smallest absolute Gasteiger partial charge is 0.287 e. The summed E-state index contributed by atoms with van der Waals surface area (Å²) in [5, 5.41) is 2.99. The van der Waals surface area contributed by atoms with Crippen molar-refractivity contribution < 1.29 is 9.21 Å². The number of aromatic nitrogens is 2. The SMILES string of the molecule is CCCCCCn1c([C@H](C)NC(=O)c2ccco2)nc2ccccc21. The fourth-order valence-electron chi connectivity index (χ4n) is 3.10. The summed E-state index contributed by atoms with van der Waals surface area (Å²) in [6.07, 6.45) is 6.28. The van der Waals surface area contributed by atoms with Gasteiger partial charge >= 0.3 is 0 Å². The quantitative estimate of drug-likeness (QED) is 0.605. The van der Waals surface area contributed by atoms with E-state index in [1.165, 1.54) is 25.5 Å². The van der Waals surface area contributed by atoms with E-state index < -0.39 is 0 Å². The lowest BCUT2D eigenvalue weighted by Gasteiger charge is -2.16. The Morgan fingerprint density at radius 3 is 2.80 bits per heavy atom. The van der Waals surface area contributed by atoms with Crippen molar-refractivity contribution in [3.8, 4) is 0 Å². The third-order valence-corrected chi connectivity index (χ3v) is 4.40. The highest BCUT2D eigenvalue weighted by Crippen LogP contribution is 2.22. The lowest BCUT2D eigenvalue weighted by molar-refractivity contribution is 0.0909. The molecular weight excluding hydrogens is 314 g/mol. The molecule has 2 heterocycles. The average molecular weight is 339 g/mol. The molecule has 0 bridgehead atoms. The van der Waals surface area contributed by atoms with Crippen LogP contribution in [0, 0.1) is 0 Å². The van der Waals surface area contributed by atoms with Crippen LogP contribution in [0.2, 0.25) is 0 Å². The molecular formula is C20H25N3O2. The second-order valence-corrected chi connectivity index (χ2v) is 6.34. The Balaban J connectivity index is 1.82. The first kappa shape index (κ1) is 17.3. The first-order chi connectivity index (χ1) is 12.2. The van der Waals surface area contributed by atoms with Gasteiger partial charge < -0.3 is 14.3 Å². The predicted molar refractivity (Wildman–Crippen MR) is 98.5 cm³/mol. The third-order valence-electron chi connectivity index (χ3n) is 4.40. The molecule has 1 aromatic carbocycles. The topological polar surface area (TPSA) is 60.1 Å². The Labute approximate surface area is 148 Å². The Morgan fingerprint density at radius 1 is 1.20 bits per heavy atom. The zero-order chi connectivity index (χ0) is 17.6. The Morgan fingerprint density at radius 2 is 2.04 bits per heavy atom. The number of carbonyl (C=O) groups excluding carboxylic acids is 1. The first-order valence-electron chi connectivity index (χ1n) is 9.00. The van der Waals surface area contributed by atoms with Gasteiger partial charge in [-0.2, -0.15) is 0 Å². The van der Waals surface area contributed by atoms with Crippen LogP contribution in [-0.2, 0) is 6.54 Å². The summed E-state index contributed by atoms with van der Waals surface area (Å²) in [7, 11) is 0. The number of fused-ring (bicyclic) bond motifs is 1. The first-order valence-corrected chi connectivity index (χ1v) is 9.00. The van der Waals surface area contributed by atoms with E-state index in [1.54, 1.807) is 12.1 Å². The highest BCUT2D eigenvalue weighted by Gasteiger charge is 2.19. The molecule has 0 unspecified atom stereocenters. The average Bonchev–Trinajstić information content (AvgIpc) is 3.27. The van der Waals surface area contributed by atoms with Crippen molar-refractivity contribution in [2.24, 2.45) is 0 Å². The van der Waals surface area contributed by atoms with Crippen LogP contribution in [0.5, 0.6) is 0 Å². The maximum absolute atomic E-state index is 12.3. The summed E-state index contributed by atoms with van der Waals surface area (Å²) >= 11 is 0. The number of amides is 1. The van der Waals surface area contributed by atoms with Gasteiger partial charge in [0, 0.05) is 6.54 Å². The number of aryl methyl sites for hydroxylation is 1. The van der Waals surface area contributed by atoms with Crippen molar-refractivity contribution in [3.63, 3.8) is 0 Å². The largest absolute Gasteiger partial charge is 0.459 e. The summed E-state index contributed by atoms with van der Waals surface area (Å²) in [6.45, 7) is 5.09. The van der Waals surface area contributed by atoms with Crippen LogP contribution >= 0.6 is 0 Å². The van der Waals surface area contributed by atoms with Gasteiger partial charge in [0.1, 0.15) is 5.82 Å². The minimum atomic E-state index is -0.220. The van der Waals surface area contributed by atoms with Gasteiger partial charge in [-0.05, 0) is 37.6 Å². The Hall–Kier alpha value is -2.56. The molecule has 0 saturated carbocycles. The molecule has 1 N–H and O–H groups in total. The maximum atomic E-state index is 12.3. The third kappa shape index (κ3) is 3.92. The van der Waals surface area contributed by atoms with E-state index in [0.29, 0.717) is 5.76 Å². The number of rotatable bonds is 8. The molecule has 0 fully saturated rings. The number of nitrogens with one attached hydrogen (secondary N) is 1. The standard InChI is InChI=1S/C20H25N3O2/c1-3-4-5-8-13-23-17-11-7-6-10-16(17)22-19(23)15(2)21-20(24)18-12-9-14-25-18/h6-7,9-12,14-15H,3-5,8,13H2,1-2H3,(H,21,24)/t15-/m0/s1. The summed E-state index contributed by atoms with van der Waals surface area (Å²) < 4.78 is 7.41. The Bertz CT molecular complexity index is 821. The van der Waals surface area contributed by atoms with Crippen molar-refractivity contribution >= 4 is 16.9 Å². The van der Waals surface area contributed by atoms with Gasteiger partial charge in [0.05, 0.1) is 23.3 Å². The number of hydrogen-bond donors (Lipinski definition) is 1. The number of nitrogens with zero attached hydrogens (tertiary/aromatic N) is 2. The van der Waals surface area contributed by atoms with Gasteiger partial charge in [-0.25, -0.2) is 4.98 Å². The van der Waals surface area contributed by atoms with E-state index in [0.717, 1.165) is 29.8 Å². The van der Waals surface area contributed by atoms with Crippen LogP contribution in [0.25, 0.3) is 11.0 Å². The lowest BCUT2D eigenvalue weighted by atomic mass is 10.2. The highest BCUT2D eigenvalue weighted by molar-refractivity contribution is 5.91. The molecule has 132 valence electrons. The summed E-state index contributed by atoms with van der Waals surface area (Å²) in [4.78, 5) is 17.0. The number of benzene rings is 1. The monoisotopic (exact) mass is 339 g/mol. The zero-order valence-corrected chi connectivity index (χ0v) is 14.9. The number of para-hydroxylation sites is 2. The molecule has 1 atom stereocenters. The highest BCUT2D eigenvalue weighted by atomic mass is 16.3. The maximum Gasteiger partial charge on any atom is 0.287 e. The number of carbonyl (C=O) groups is 1. The molecule has 5 nitrogen and oxygen atoms in total. The fourth-order valence-corrected chi connectivity index (χ4v) is 3.10. The Kier molecular flexibility index (Phi) is 5.53. The number of unbranched alkanes of at least 4 members (excludes halogenated alkanes) is 3. The van der Waals surface area contributed by atoms with E-state index in [2.05, 4.69) is 22.9 Å². The van der Waals surface area contributed by atoms with Gasteiger partial charge in [0.25, 0.3) is 5.91 Å². The zero-order valence-electron chi connectivity index (χ0n) is 14.9. The second-order valence-electron chi connectivity index (χ2n) is 6.34. The van der Waals surface area contributed by atoms with Crippen LogP contribution < -0.4 is 5.32 Å². The molecule has 2 aromatic heterocycles. The van der Waals surface area contributed by atoms with E-state index in [9.17, 15) is 4.79 Å². The molecule has 0 aliphatic heterocycles.